The molecule has 1 aliphatic rings. The Balaban J connectivity index is 1.52. The first-order valence-corrected chi connectivity index (χ1v) is 11.5. The van der Waals surface area contributed by atoms with Crippen LogP contribution >= 0.6 is 11.3 Å². The van der Waals surface area contributed by atoms with Crippen LogP contribution in [0, 0.1) is 4.91 Å². The predicted molar refractivity (Wildman–Crippen MR) is 129 cm³/mol. The van der Waals surface area contributed by atoms with Crippen LogP contribution in [0.3, 0.4) is 0 Å². The lowest BCUT2D eigenvalue weighted by Crippen LogP contribution is -2.49. The summed E-state index contributed by atoms with van der Waals surface area (Å²) in [6.45, 7) is 2.25. The Morgan fingerprint density at radius 1 is 1.00 bits per heavy atom. The molecule has 8 nitrogen and oxygen atoms in total. The lowest BCUT2D eigenvalue weighted by atomic mass is 10.1. The van der Waals surface area contributed by atoms with Gasteiger partial charge in [-0.25, -0.2) is 4.98 Å². The summed E-state index contributed by atoms with van der Waals surface area (Å²) in [5, 5.41) is 5.74. The molecule has 0 radical (unpaired) electrons. The number of rotatable bonds is 5. The van der Waals surface area contributed by atoms with Gasteiger partial charge < -0.3 is 9.80 Å². The molecule has 4 heterocycles. The molecule has 0 saturated carbocycles. The van der Waals surface area contributed by atoms with E-state index >= 15 is 0 Å². The van der Waals surface area contributed by atoms with Gasteiger partial charge in [0, 0.05) is 37.8 Å². The molecule has 0 N–H and O–H groups in total. The summed E-state index contributed by atoms with van der Waals surface area (Å²) in [7, 11) is 0. The van der Waals surface area contributed by atoms with E-state index < -0.39 is 5.56 Å². The van der Waals surface area contributed by atoms with E-state index in [1.165, 1.54) is 15.9 Å². The predicted octanol–water partition coefficient (Wildman–Crippen LogP) is 3.87. The number of pyridine rings is 2. The Morgan fingerprint density at radius 2 is 1.79 bits per heavy atom. The van der Waals surface area contributed by atoms with Crippen molar-refractivity contribution >= 4 is 39.7 Å². The van der Waals surface area contributed by atoms with Crippen LogP contribution in [0.15, 0.2) is 76.1 Å². The van der Waals surface area contributed by atoms with Gasteiger partial charge in [0.05, 0.1) is 17.1 Å². The van der Waals surface area contributed by atoms with E-state index in [0.29, 0.717) is 54.3 Å². The Kier molecular flexibility index (Phi) is 5.70. The van der Waals surface area contributed by atoms with E-state index in [4.69, 9.17) is 0 Å². The molecule has 1 aliphatic heterocycles. The van der Waals surface area contributed by atoms with Crippen LogP contribution in [0.4, 0.5) is 11.4 Å². The SMILES string of the molecule is O=Nc1c(N2CCN(C(=O)c3cccs3)CC2)c2cccnc2n(Cc2ccccc2)c1=O. The Bertz CT molecular complexity index is 1360. The maximum absolute atomic E-state index is 13.3. The highest BCUT2D eigenvalue weighted by Gasteiger charge is 2.28. The van der Waals surface area contributed by atoms with Gasteiger partial charge in [0.25, 0.3) is 11.5 Å². The van der Waals surface area contributed by atoms with E-state index in [9.17, 15) is 14.5 Å². The number of hydrogen-bond donors (Lipinski definition) is 0. The summed E-state index contributed by atoms with van der Waals surface area (Å²) in [5.41, 5.74) is 1.34. The first-order chi connectivity index (χ1) is 16.2. The molecule has 1 fully saturated rings. The van der Waals surface area contributed by atoms with Crippen molar-refractivity contribution in [2.75, 3.05) is 31.1 Å². The highest BCUT2D eigenvalue weighted by atomic mass is 32.1. The topological polar surface area (TPSA) is 87.9 Å². The average molecular weight is 460 g/mol. The second kappa shape index (κ2) is 8.95. The number of aromatic nitrogens is 2. The van der Waals surface area contributed by atoms with E-state index in [1.54, 1.807) is 17.2 Å². The van der Waals surface area contributed by atoms with Crippen LogP contribution < -0.4 is 10.5 Å². The van der Waals surface area contributed by atoms with Crippen molar-refractivity contribution in [1.29, 1.82) is 0 Å². The monoisotopic (exact) mass is 459 g/mol. The van der Waals surface area contributed by atoms with Gasteiger partial charge in [0.1, 0.15) is 5.65 Å². The average Bonchev–Trinajstić information content (AvgIpc) is 3.41. The third-order valence-electron chi connectivity index (χ3n) is 5.86. The number of amides is 1. The summed E-state index contributed by atoms with van der Waals surface area (Å²) in [6, 6.07) is 16.9. The molecule has 1 aromatic carbocycles. The fourth-order valence-electron chi connectivity index (χ4n) is 4.25. The zero-order valence-electron chi connectivity index (χ0n) is 17.8. The minimum atomic E-state index is -0.466. The van der Waals surface area contributed by atoms with Gasteiger partial charge in [-0.2, -0.15) is 0 Å². The number of carbonyl (C=O) groups excluding carboxylic acids is 1. The quantitative estimate of drug-likeness (QED) is 0.423. The number of nitrogens with zero attached hydrogens (tertiary/aromatic N) is 5. The van der Waals surface area contributed by atoms with Crippen LogP contribution in [0.1, 0.15) is 15.2 Å². The van der Waals surface area contributed by atoms with Crippen molar-refractivity contribution in [3.8, 4) is 0 Å². The molecular weight excluding hydrogens is 438 g/mol. The second-order valence-corrected chi connectivity index (χ2v) is 8.74. The third kappa shape index (κ3) is 3.91. The zero-order chi connectivity index (χ0) is 22.8. The van der Waals surface area contributed by atoms with Gasteiger partial charge in [0.2, 0.25) is 0 Å². The van der Waals surface area contributed by atoms with Crippen LogP contribution in [-0.2, 0) is 6.54 Å². The maximum atomic E-state index is 13.3. The van der Waals surface area contributed by atoms with Crippen LogP contribution in [0.2, 0.25) is 0 Å². The van der Waals surface area contributed by atoms with Crippen molar-refractivity contribution in [3.63, 3.8) is 0 Å². The molecule has 3 aromatic heterocycles. The Hall–Kier alpha value is -3.85. The molecular formula is C24H21N5O3S. The molecule has 4 aromatic rings. The second-order valence-electron chi connectivity index (χ2n) is 7.80. The molecule has 5 rings (SSSR count). The normalized spacial score (nSPS) is 13.9. The minimum absolute atomic E-state index is 0.00295. The number of hydrogen-bond acceptors (Lipinski definition) is 7. The summed E-state index contributed by atoms with van der Waals surface area (Å²) < 4.78 is 1.50. The van der Waals surface area contributed by atoms with Gasteiger partial charge >= 0.3 is 0 Å². The standard InChI is InChI=1S/C24H21N5O3S/c30-23(19-9-5-15-33-19)28-13-11-27(12-14-28)21-18-8-4-10-25-22(18)29(24(31)20(21)26-32)16-17-6-2-1-3-7-17/h1-10,15H,11-14,16H2. The van der Waals surface area contributed by atoms with Crippen LogP contribution in [0.25, 0.3) is 11.0 Å². The Labute approximate surface area is 193 Å². The zero-order valence-corrected chi connectivity index (χ0v) is 18.6. The smallest absolute Gasteiger partial charge is 0.284 e. The van der Waals surface area contributed by atoms with Gasteiger partial charge in [-0.15, -0.1) is 16.2 Å². The van der Waals surface area contributed by atoms with E-state index in [0.717, 1.165) is 5.56 Å². The molecule has 0 atom stereocenters. The molecule has 0 aliphatic carbocycles. The van der Waals surface area contributed by atoms with Crippen molar-refractivity contribution in [2.24, 2.45) is 5.18 Å². The third-order valence-corrected chi connectivity index (χ3v) is 6.72. The molecule has 0 bridgehead atoms. The lowest BCUT2D eigenvalue weighted by Gasteiger charge is -2.36. The minimum Gasteiger partial charge on any atom is -0.365 e. The van der Waals surface area contributed by atoms with Gasteiger partial charge in [-0.1, -0.05) is 36.4 Å². The van der Waals surface area contributed by atoms with E-state index in [2.05, 4.69) is 10.2 Å². The summed E-state index contributed by atoms with van der Waals surface area (Å²) in [5.74, 6) is 0.00295. The first kappa shape index (κ1) is 21.0. The fraction of sp³-hybridized carbons (Fsp3) is 0.208. The molecule has 0 spiro atoms. The summed E-state index contributed by atoms with van der Waals surface area (Å²) >= 11 is 1.42. The van der Waals surface area contributed by atoms with Crippen molar-refractivity contribution < 1.29 is 4.79 Å². The van der Waals surface area contributed by atoms with Crippen LogP contribution in [0.5, 0.6) is 0 Å². The van der Waals surface area contributed by atoms with Crippen molar-refractivity contribution in [3.05, 3.63) is 91.9 Å². The molecule has 9 heteroatoms. The number of benzene rings is 1. The van der Waals surface area contributed by atoms with Gasteiger partial charge in [0.15, 0.2) is 5.69 Å². The number of nitroso groups, excluding NO2 is 1. The number of piperazine rings is 1. The van der Waals surface area contributed by atoms with Gasteiger partial charge in [-0.3, -0.25) is 14.2 Å². The van der Waals surface area contributed by atoms with Crippen molar-refractivity contribution in [2.45, 2.75) is 6.54 Å². The number of anilines is 1. The molecule has 1 amide bonds. The maximum Gasteiger partial charge on any atom is 0.284 e. The highest BCUT2D eigenvalue weighted by Crippen LogP contribution is 2.34. The molecule has 0 unspecified atom stereocenters. The van der Waals surface area contributed by atoms with Crippen LogP contribution in [-0.4, -0.2) is 46.5 Å². The number of thiophene rings is 1. The van der Waals surface area contributed by atoms with Gasteiger partial charge in [-0.05, 0) is 34.3 Å². The lowest BCUT2D eigenvalue weighted by molar-refractivity contribution is 0.0752. The van der Waals surface area contributed by atoms with E-state index in [-0.39, 0.29) is 11.6 Å². The molecule has 1 saturated heterocycles. The fourth-order valence-corrected chi connectivity index (χ4v) is 4.94. The summed E-state index contributed by atoms with van der Waals surface area (Å²) in [6.07, 6.45) is 1.64. The number of fused-ring (bicyclic) bond motifs is 1. The van der Waals surface area contributed by atoms with Crippen molar-refractivity contribution in [1.82, 2.24) is 14.5 Å². The number of carbonyl (C=O) groups is 1. The Morgan fingerprint density at radius 3 is 2.48 bits per heavy atom. The summed E-state index contributed by atoms with van der Waals surface area (Å²) in [4.78, 5) is 46.9. The molecule has 166 valence electrons. The largest absolute Gasteiger partial charge is 0.365 e. The molecule has 33 heavy (non-hydrogen) atoms. The first-order valence-electron chi connectivity index (χ1n) is 10.6. The van der Waals surface area contributed by atoms with E-state index in [1.807, 2.05) is 58.8 Å². The highest BCUT2D eigenvalue weighted by molar-refractivity contribution is 7.12.